The van der Waals surface area contributed by atoms with Crippen LogP contribution >= 0.6 is 0 Å². The van der Waals surface area contributed by atoms with Crippen molar-refractivity contribution in [1.82, 2.24) is 20.9 Å². The molecule has 2 fully saturated rings. The molecule has 1 spiro atoms. The fraction of sp³-hybridized carbons (Fsp3) is 0.581. The summed E-state index contributed by atoms with van der Waals surface area (Å²) < 4.78 is 19.2. The third kappa shape index (κ3) is 7.41. The maximum atomic E-state index is 14.2. The number of Topliss-reactive ketones (excluding diaryl/α,β-unsaturated/α-hetero) is 1. The molecule has 0 unspecified atom stereocenters. The maximum absolute atomic E-state index is 14.2. The van der Waals surface area contributed by atoms with Crippen LogP contribution in [-0.2, 0) is 28.8 Å². The van der Waals surface area contributed by atoms with Crippen LogP contribution in [0.15, 0.2) is 41.7 Å². The van der Waals surface area contributed by atoms with Crippen molar-refractivity contribution in [2.24, 2.45) is 5.16 Å². The molecule has 1 aromatic rings. The van der Waals surface area contributed by atoms with E-state index in [1.54, 1.807) is 32.9 Å². The minimum Gasteiger partial charge on any atom is -0.387 e. The summed E-state index contributed by atoms with van der Waals surface area (Å²) in [5.41, 5.74) is -0.242. The molecule has 0 bridgehead atoms. The highest BCUT2D eigenvalue weighted by Crippen LogP contribution is 2.40. The van der Waals surface area contributed by atoms with E-state index in [9.17, 15) is 23.6 Å². The lowest BCUT2D eigenvalue weighted by molar-refractivity contribution is -0.147. The van der Waals surface area contributed by atoms with Crippen molar-refractivity contribution in [3.63, 3.8) is 0 Å². The molecule has 1 saturated carbocycles. The number of nitrogens with zero attached hydrogens (tertiary/aromatic N) is 2. The van der Waals surface area contributed by atoms with Crippen LogP contribution in [0.5, 0.6) is 0 Å². The first-order valence-electron chi connectivity index (χ1n) is 14.7. The van der Waals surface area contributed by atoms with Crippen LogP contribution in [0, 0.1) is 5.82 Å². The SMILES string of the molecule is C=C(C)N[C@H](C(=O)N1C[C@@]2(CC(c3ccc(F)cc3)=NO2)C[C@H]1C(=O)N[C@@H](CCC)C(=O)C(=O)NC1CC1)C(C)(C)OC. The summed E-state index contributed by atoms with van der Waals surface area (Å²) in [4.78, 5) is 61.1. The van der Waals surface area contributed by atoms with Gasteiger partial charge in [0.25, 0.3) is 5.91 Å². The van der Waals surface area contributed by atoms with Gasteiger partial charge < -0.3 is 30.4 Å². The van der Waals surface area contributed by atoms with Gasteiger partial charge in [0.1, 0.15) is 17.9 Å². The van der Waals surface area contributed by atoms with E-state index in [1.807, 2.05) is 6.92 Å². The molecule has 0 radical (unpaired) electrons. The summed E-state index contributed by atoms with van der Waals surface area (Å²) in [7, 11) is 1.49. The Balaban J connectivity index is 1.61. The van der Waals surface area contributed by atoms with E-state index in [-0.39, 0.29) is 37.7 Å². The zero-order valence-electron chi connectivity index (χ0n) is 25.5. The summed E-state index contributed by atoms with van der Waals surface area (Å²) in [5, 5.41) is 12.8. The van der Waals surface area contributed by atoms with Crippen LogP contribution in [0.3, 0.4) is 0 Å². The van der Waals surface area contributed by atoms with Crippen LogP contribution in [0.2, 0.25) is 0 Å². The van der Waals surface area contributed by atoms with Crippen LogP contribution in [-0.4, -0.2) is 83.1 Å². The predicted molar refractivity (Wildman–Crippen MR) is 157 cm³/mol. The van der Waals surface area contributed by atoms with Gasteiger partial charge in [-0.1, -0.05) is 37.2 Å². The standard InChI is InChI=1S/C31H42FN5O6/c1-7-8-22(25(38)28(40)34-21-13-14-21)35-27(39)24-16-31(15-23(36-43-31)19-9-11-20(32)12-10-19)17-37(24)29(41)26(33-18(2)3)30(4,5)42-6/h9-12,21-22,24,26,33H,2,7-8,13-17H2,1,3-6H3,(H,34,40)(H,35,39)/t22-,24-,26+,31+/m0/s1. The summed E-state index contributed by atoms with van der Waals surface area (Å²) in [6, 6.07) is 2.87. The van der Waals surface area contributed by atoms with Gasteiger partial charge >= 0.3 is 0 Å². The van der Waals surface area contributed by atoms with Gasteiger partial charge in [-0.2, -0.15) is 0 Å². The number of benzene rings is 1. The number of halogens is 1. The van der Waals surface area contributed by atoms with E-state index in [0.717, 1.165) is 12.8 Å². The molecule has 11 nitrogen and oxygen atoms in total. The van der Waals surface area contributed by atoms with Gasteiger partial charge in [-0.05, 0) is 57.7 Å². The minimum atomic E-state index is -1.04. The highest BCUT2D eigenvalue weighted by Gasteiger charge is 2.56. The highest BCUT2D eigenvalue weighted by atomic mass is 19.1. The van der Waals surface area contributed by atoms with Crippen molar-refractivity contribution in [3.8, 4) is 0 Å². The topological polar surface area (TPSA) is 138 Å². The molecule has 1 aliphatic carbocycles. The molecule has 1 aromatic carbocycles. The summed E-state index contributed by atoms with van der Waals surface area (Å²) in [6.45, 7) is 11.0. The molecule has 3 amide bonds. The Morgan fingerprint density at radius 1 is 1.21 bits per heavy atom. The lowest BCUT2D eigenvalue weighted by Crippen LogP contribution is -2.60. The second kappa shape index (κ2) is 12.8. The van der Waals surface area contributed by atoms with Gasteiger partial charge in [-0.3, -0.25) is 19.2 Å². The minimum absolute atomic E-state index is 0.00561. The fourth-order valence-corrected chi connectivity index (χ4v) is 5.46. The van der Waals surface area contributed by atoms with E-state index in [0.29, 0.717) is 23.4 Å². The normalized spacial score (nSPS) is 22.8. The average Bonchev–Trinajstić information content (AvgIpc) is 3.56. The Morgan fingerprint density at radius 3 is 2.47 bits per heavy atom. The van der Waals surface area contributed by atoms with Gasteiger partial charge in [0.2, 0.25) is 17.6 Å². The van der Waals surface area contributed by atoms with Gasteiger partial charge in [0, 0.05) is 31.7 Å². The lowest BCUT2D eigenvalue weighted by Gasteiger charge is -2.37. The molecule has 4 rings (SSSR count). The van der Waals surface area contributed by atoms with Gasteiger partial charge in [0.05, 0.1) is 23.9 Å². The quantitative estimate of drug-likeness (QED) is 0.296. The monoisotopic (exact) mass is 599 g/mol. The molecule has 1 saturated heterocycles. The molecule has 0 aromatic heterocycles. The maximum Gasteiger partial charge on any atom is 0.289 e. The number of hydrogen-bond donors (Lipinski definition) is 3. The van der Waals surface area contributed by atoms with Crippen LogP contribution in [0.1, 0.15) is 71.8 Å². The summed E-state index contributed by atoms with van der Waals surface area (Å²) in [6.07, 6.45) is 2.83. The molecule has 12 heteroatoms. The number of nitrogens with one attached hydrogen (secondary N) is 3. The number of carbonyl (C=O) groups is 4. The zero-order valence-corrected chi connectivity index (χ0v) is 25.5. The number of likely N-dealkylation sites (tertiary alicyclic amines) is 1. The molecular formula is C31H42FN5O6. The molecule has 4 atom stereocenters. The molecule has 3 N–H and O–H groups in total. The number of carbonyl (C=O) groups excluding carboxylic acids is 4. The number of rotatable bonds is 13. The zero-order chi connectivity index (χ0) is 31.5. The van der Waals surface area contributed by atoms with Crippen molar-refractivity contribution < 1.29 is 33.1 Å². The Kier molecular flexibility index (Phi) is 9.58. The Hall–Kier alpha value is -3.80. The fourth-order valence-electron chi connectivity index (χ4n) is 5.46. The third-order valence-electron chi connectivity index (χ3n) is 8.21. The second-order valence-electron chi connectivity index (χ2n) is 12.3. The first-order chi connectivity index (χ1) is 20.3. The molecular weight excluding hydrogens is 557 g/mol. The molecule has 234 valence electrons. The molecule has 2 heterocycles. The van der Waals surface area contributed by atoms with E-state index in [2.05, 4.69) is 27.7 Å². The molecule has 43 heavy (non-hydrogen) atoms. The Bertz CT molecular complexity index is 1290. The first-order valence-corrected chi connectivity index (χ1v) is 14.7. The highest BCUT2D eigenvalue weighted by molar-refractivity contribution is 6.38. The largest absolute Gasteiger partial charge is 0.387 e. The van der Waals surface area contributed by atoms with Crippen molar-refractivity contribution in [1.29, 1.82) is 0 Å². The van der Waals surface area contributed by atoms with Crippen molar-refractivity contribution in [3.05, 3.63) is 47.9 Å². The van der Waals surface area contributed by atoms with E-state index in [4.69, 9.17) is 9.57 Å². The Labute approximate surface area is 251 Å². The van der Waals surface area contributed by atoms with Crippen molar-refractivity contribution >= 4 is 29.2 Å². The number of hydrogen-bond acceptors (Lipinski definition) is 8. The number of allylic oxidation sites excluding steroid dienone is 1. The van der Waals surface area contributed by atoms with E-state index in [1.165, 1.54) is 24.1 Å². The predicted octanol–water partition coefficient (Wildman–Crippen LogP) is 2.34. The third-order valence-corrected chi connectivity index (χ3v) is 8.21. The molecule has 2 aliphatic heterocycles. The van der Waals surface area contributed by atoms with Crippen molar-refractivity contribution in [2.75, 3.05) is 13.7 Å². The first kappa shape index (κ1) is 32.1. The van der Waals surface area contributed by atoms with E-state index >= 15 is 0 Å². The van der Waals surface area contributed by atoms with E-state index < -0.39 is 52.8 Å². The van der Waals surface area contributed by atoms with Gasteiger partial charge in [0.15, 0.2) is 5.60 Å². The number of ether oxygens (including phenoxy) is 1. The van der Waals surface area contributed by atoms with Crippen LogP contribution < -0.4 is 16.0 Å². The lowest BCUT2D eigenvalue weighted by atomic mass is 9.91. The number of methoxy groups -OCH3 is 1. The summed E-state index contributed by atoms with van der Waals surface area (Å²) >= 11 is 0. The number of amides is 3. The Morgan fingerprint density at radius 2 is 1.88 bits per heavy atom. The second-order valence-corrected chi connectivity index (χ2v) is 12.3. The van der Waals surface area contributed by atoms with Gasteiger partial charge in [-0.25, -0.2) is 4.39 Å². The number of oxime groups is 1. The number of ketones is 1. The van der Waals surface area contributed by atoms with Crippen molar-refractivity contribution in [2.45, 2.75) is 102 Å². The average molecular weight is 600 g/mol. The van der Waals surface area contributed by atoms with Crippen LogP contribution in [0.25, 0.3) is 0 Å². The van der Waals surface area contributed by atoms with Gasteiger partial charge in [-0.15, -0.1) is 0 Å². The summed E-state index contributed by atoms with van der Waals surface area (Å²) in [5.74, 6) is -2.81. The molecule has 3 aliphatic rings. The van der Waals surface area contributed by atoms with Crippen LogP contribution in [0.4, 0.5) is 4.39 Å². The smallest absolute Gasteiger partial charge is 0.289 e.